The first kappa shape index (κ1) is 13.5. The van der Waals surface area contributed by atoms with E-state index >= 15 is 0 Å². The van der Waals surface area contributed by atoms with Crippen LogP contribution in [0.5, 0.6) is 0 Å². The number of nitrogens with two attached hydrogens (primary N) is 1. The maximum Gasteiger partial charge on any atom is 0.254 e. The Morgan fingerprint density at radius 3 is 2.65 bits per heavy atom. The quantitative estimate of drug-likeness (QED) is 0.867. The molecule has 2 aliphatic rings. The molecule has 1 unspecified atom stereocenters. The molecule has 0 aliphatic carbocycles. The summed E-state index contributed by atoms with van der Waals surface area (Å²) in [4.78, 5) is 14.3. The van der Waals surface area contributed by atoms with Crippen LogP contribution in [-0.4, -0.2) is 43.0 Å². The van der Waals surface area contributed by atoms with Gasteiger partial charge < -0.3 is 16.0 Å². The number of likely N-dealkylation sites (tertiary alicyclic amines) is 1. The molecule has 0 saturated carbocycles. The molecule has 4 nitrogen and oxygen atoms in total. The predicted octanol–water partition coefficient (Wildman–Crippen LogP) is 1.02. The highest BCUT2D eigenvalue weighted by Crippen LogP contribution is 2.30. The molecule has 2 aliphatic heterocycles. The van der Waals surface area contributed by atoms with Gasteiger partial charge in [0.15, 0.2) is 5.67 Å². The Kier molecular flexibility index (Phi) is 3.48. The van der Waals surface area contributed by atoms with Crippen molar-refractivity contribution in [1.82, 2.24) is 10.2 Å². The molecule has 1 atom stereocenters. The maximum atomic E-state index is 14.2. The van der Waals surface area contributed by atoms with E-state index < -0.39 is 5.67 Å². The molecular weight excluding hydrogens is 257 g/mol. The van der Waals surface area contributed by atoms with Crippen molar-refractivity contribution in [3.63, 3.8) is 0 Å². The lowest BCUT2D eigenvalue weighted by molar-refractivity contribution is 0.0739. The molecule has 2 fully saturated rings. The number of nitrogens with one attached hydrogen (secondary N) is 1. The maximum absolute atomic E-state index is 14.2. The SMILES string of the molecule is NCC1CCCN1C(=O)c1ccc(C2(F)CNC2)cc1. The molecule has 1 aromatic rings. The minimum atomic E-state index is -1.27. The van der Waals surface area contributed by atoms with E-state index in [-0.39, 0.29) is 11.9 Å². The minimum absolute atomic E-state index is 0.00384. The number of amides is 1. The average Bonchev–Trinajstić information content (AvgIpc) is 2.92. The van der Waals surface area contributed by atoms with Crippen LogP contribution in [0.1, 0.15) is 28.8 Å². The fraction of sp³-hybridized carbons (Fsp3) is 0.533. The molecule has 108 valence electrons. The second-order valence-electron chi connectivity index (χ2n) is 5.68. The summed E-state index contributed by atoms with van der Waals surface area (Å²) in [5, 5.41) is 2.93. The number of carbonyl (C=O) groups is 1. The van der Waals surface area contributed by atoms with Crippen LogP contribution in [0, 0.1) is 0 Å². The second-order valence-corrected chi connectivity index (χ2v) is 5.68. The highest BCUT2D eigenvalue weighted by molar-refractivity contribution is 5.94. The minimum Gasteiger partial charge on any atom is -0.334 e. The number of carbonyl (C=O) groups excluding carboxylic acids is 1. The van der Waals surface area contributed by atoms with Crippen LogP contribution >= 0.6 is 0 Å². The molecule has 1 amide bonds. The van der Waals surface area contributed by atoms with Crippen molar-refractivity contribution in [3.05, 3.63) is 35.4 Å². The fourth-order valence-corrected chi connectivity index (χ4v) is 2.97. The summed E-state index contributed by atoms with van der Waals surface area (Å²) in [6.45, 7) is 1.96. The van der Waals surface area contributed by atoms with Crippen LogP contribution < -0.4 is 11.1 Å². The van der Waals surface area contributed by atoms with Gasteiger partial charge in [0, 0.05) is 37.8 Å². The van der Waals surface area contributed by atoms with Crippen molar-refractivity contribution >= 4 is 5.91 Å². The van der Waals surface area contributed by atoms with E-state index in [4.69, 9.17) is 5.73 Å². The number of hydrogen-bond donors (Lipinski definition) is 2. The first-order valence-electron chi connectivity index (χ1n) is 7.15. The molecule has 3 N–H and O–H groups in total. The van der Waals surface area contributed by atoms with E-state index in [1.165, 1.54) is 0 Å². The highest BCUT2D eigenvalue weighted by Gasteiger charge is 2.38. The van der Waals surface area contributed by atoms with Gasteiger partial charge in [-0.05, 0) is 30.5 Å². The van der Waals surface area contributed by atoms with Crippen molar-refractivity contribution in [3.8, 4) is 0 Å². The van der Waals surface area contributed by atoms with Gasteiger partial charge in [-0.2, -0.15) is 0 Å². The summed E-state index contributed by atoms with van der Waals surface area (Å²) in [5.74, 6) is 0.00384. The van der Waals surface area contributed by atoms with Gasteiger partial charge in [0.25, 0.3) is 5.91 Å². The second kappa shape index (κ2) is 5.14. The van der Waals surface area contributed by atoms with Gasteiger partial charge in [0.05, 0.1) is 0 Å². The van der Waals surface area contributed by atoms with Crippen LogP contribution in [0.4, 0.5) is 4.39 Å². The van der Waals surface area contributed by atoms with E-state index in [2.05, 4.69) is 5.32 Å². The van der Waals surface area contributed by atoms with Crippen LogP contribution in [-0.2, 0) is 5.67 Å². The standard InChI is InChI=1S/C15H20FN3O/c16-15(9-18-10-15)12-5-3-11(4-6-12)14(20)19-7-1-2-13(19)8-17/h3-6,13,18H,1-2,7-10,17H2. The Balaban J connectivity index is 1.75. The molecule has 0 radical (unpaired) electrons. The van der Waals surface area contributed by atoms with Crippen molar-refractivity contribution in [2.45, 2.75) is 24.6 Å². The molecule has 20 heavy (non-hydrogen) atoms. The lowest BCUT2D eigenvalue weighted by Crippen LogP contribution is -2.53. The van der Waals surface area contributed by atoms with E-state index in [0.717, 1.165) is 19.4 Å². The number of rotatable bonds is 3. The highest BCUT2D eigenvalue weighted by atomic mass is 19.1. The number of alkyl halides is 1. The number of hydrogen-bond acceptors (Lipinski definition) is 3. The molecule has 0 aromatic heterocycles. The van der Waals surface area contributed by atoms with Crippen molar-refractivity contribution in [1.29, 1.82) is 0 Å². The third-order valence-electron chi connectivity index (χ3n) is 4.37. The first-order valence-corrected chi connectivity index (χ1v) is 7.15. The van der Waals surface area contributed by atoms with Gasteiger partial charge in [-0.25, -0.2) is 4.39 Å². The fourth-order valence-electron chi connectivity index (χ4n) is 2.97. The summed E-state index contributed by atoms with van der Waals surface area (Å²) in [5.41, 5.74) is 5.69. The van der Waals surface area contributed by atoms with E-state index in [9.17, 15) is 9.18 Å². The van der Waals surface area contributed by atoms with Gasteiger partial charge in [-0.15, -0.1) is 0 Å². The van der Waals surface area contributed by atoms with Gasteiger partial charge in [0.1, 0.15) is 0 Å². The predicted molar refractivity (Wildman–Crippen MR) is 75.2 cm³/mol. The van der Waals surface area contributed by atoms with Crippen LogP contribution in [0.2, 0.25) is 0 Å². The summed E-state index contributed by atoms with van der Waals surface area (Å²) in [7, 11) is 0. The lowest BCUT2D eigenvalue weighted by Gasteiger charge is -2.35. The molecule has 5 heteroatoms. The molecule has 3 rings (SSSR count). The topological polar surface area (TPSA) is 58.4 Å². The zero-order valence-corrected chi connectivity index (χ0v) is 11.4. The average molecular weight is 277 g/mol. The van der Waals surface area contributed by atoms with Gasteiger partial charge >= 0.3 is 0 Å². The van der Waals surface area contributed by atoms with Crippen LogP contribution in [0.25, 0.3) is 0 Å². The Hall–Kier alpha value is -1.46. The van der Waals surface area contributed by atoms with Gasteiger partial charge in [-0.1, -0.05) is 12.1 Å². The largest absolute Gasteiger partial charge is 0.334 e. The normalized spacial score (nSPS) is 24.5. The van der Waals surface area contributed by atoms with E-state index in [1.807, 2.05) is 4.90 Å². The third-order valence-corrected chi connectivity index (χ3v) is 4.37. The van der Waals surface area contributed by atoms with Crippen molar-refractivity contribution in [2.75, 3.05) is 26.2 Å². The Morgan fingerprint density at radius 1 is 1.40 bits per heavy atom. The Morgan fingerprint density at radius 2 is 2.10 bits per heavy atom. The number of halogens is 1. The lowest BCUT2D eigenvalue weighted by atomic mass is 9.89. The van der Waals surface area contributed by atoms with Crippen molar-refractivity contribution < 1.29 is 9.18 Å². The third kappa shape index (κ3) is 2.21. The molecule has 2 heterocycles. The molecule has 1 aromatic carbocycles. The zero-order chi connectivity index (χ0) is 14.2. The van der Waals surface area contributed by atoms with Crippen molar-refractivity contribution in [2.24, 2.45) is 5.73 Å². The number of benzene rings is 1. The monoisotopic (exact) mass is 277 g/mol. The first-order chi connectivity index (χ1) is 9.64. The number of nitrogens with zero attached hydrogens (tertiary/aromatic N) is 1. The zero-order valence-electron chi connectivity index (χ0n) is 11.4. The summed E-state index contributed by atoms with van der Waals surface area (Å²) >= 11 is 0. The van der Waals surface area contributed by atoms with E-state index in [1.54, 1.807) is 24.3 Å². The molecule has 2 saturated heterocycles. The van der Waals surface area contributed by atoms with Gasteiger partial charge in [-0.3, -0.25) is 4.79 Å². The Labute approximate surface area is 118 Å². The molecule has 0 bridgehead atoms. The van der Waals surface area contributed by atoms with Gasteiger partial charge in [0.2, 0.25) is 0 Å². The summed E-state index contributed by atoms with van der Waals surface area (Å²) in [6.07, 6.45) is 1.98. The molecular formula is C15H20FN3O. The van der Waals surface area contributed by atoms with Crippen LogP contribution in [0.15, 0.2) is 24.3 Å². The van der Waals surface area contributed by atoms with Crippen LogP contribution in [0.3, 0.4) is 0 Å². The van der Waals surface area contributed by atoms with E-state index in [0.29, 0.717) is 30.8 Å². The Bertz CT molecular complexity index is 498. The molecule has 0 spiro atoms. The summed E-state index contributed by atoms with van der Waals surface area (Å²) < 4.78 is 14.2. The summed E-state index contributed by atoms with van der Waals surface area (Å²) in [6, 6.07) is 7.04. The smallest absolute Gasteiger partial charge is 0.254 e.